The van der Waals surface area contributed by atoms with Gasteiger partial charge in [-0.3, -0.25) is 0 Å². The molecule has 0 amide bonds. The molecule has 2 aliphatic rings. The highest BCUT2D eigenvalue weighted by molar-refractivity contribution is 5.71. The van der Waals surface area contributed by atoms with Crippen molar-refractivity contribution in [2.75, 3.05) is 0 Å². The summed E-state index contributed by atoms with van der Waals surface area (Å²) in [6.45, 7) is 4.12. The fourth-order valence-electron chi connectivity index (χ4n) is 6.42. The van der Waals surface area contributed by atoms with Crippen LogP contribution in [-0.4, -0.2) is 0 Å². The number of alkyl halides is 6. The number of halogens is 6. The lowest BCUT2D eigenvalue weighted by Gasteiger charge is -2.27. The predicted molar refractivity (Wildman–Crippen MR) is 149 cm³/mol. The molecule has 0 heterocycles. The highest BCUT2D eigenvalue weighted by Gasteiger charge is 2.37. The second-order valence-electron chi connectivity index (χ2n) is 11.4. The first-order valence-electron chi connectivity index (χ1n) is 13.7. The van der Waals surface area contributed by atoms with E-state index in [0.29, 0.717) is 6.42 Å². The standard InChI is InChI=1S/C35H28F6/c1-20-7-9-24(10-8-20)31-19-30-25(15-22-16-26(34(36,37)38)18-27(17-22)35(39,40)41)13-21(2)14-32(30)29-12-11-23-5-3-4-6-28(23)33(29)31/h3-11,16-19,21H,12-15H2,1-2H3. The fraction of sp³-hybridized carbons (Fsp3) is 0.257. The molecule has 41 heavy (non-hydrogen) atoms. The first kappa shape index (κ1) is 27.4. The molecule has 0 bridgehead atoms. The van der Waals surface area contributed by atoms with Crippen molar-refractivity contribution in [2.24, 2.45) is 5.92 Å². The summed E-state index contributed by atoms with van der Waals surface area (Å²) in [6.07, 6.45) is -5.39. The van der Waals surface area contributed by atoms with Gasteiger partial charge in [0, 0.05) is 0 Å². The number of fused-ring (bicyclic) bond motifs is 4. The largest absolute Gasteiger partial charge is 0.416 e. The Kier molecular flexibility index (Phi) is 6.63. The van der Waals surface area contributed by atoms with E-state index >= 15 is 0 Å². The van der Waals surface area contributed by atoms with Gasteiger partial charge in [-0.1, -0.05) is 72.7 Å². The molecule has 0 radical (unpaired) electrons. The molecule has 0 spiro atoms. The van der Waals surface area contributed by atoms with Crippen LogP contribution in [0, 0.1) is 23.3 Å². The Labute approximate surface area is 234 Å². The van der Waals surface area contributed by atoms with Crippen LogP contribution < -0.4 is 10.4 Å². The zero-order chi connectivity index (χ0) is 29.1. The Morgan fingerprint density at radius 2 is 1.39 bits per heavy atom. The maximum atomic E-state index is 13.6. The summed E-state index contributed by atoms with van der Waals surface area (Å²) in [7, 11) is 0. The van der Waals surface area contributed by atoms with Gasteiger partial charge >= 0.3 is 12.4 Å². The number of rotatable bonds is 3. The van der Waals surface area contributed by atoms with Crippen LogP contribution >= 0.6 is 0 Å². The number of aryl methyl sites for hydroxylation is 1. The fourth-order valence-corrected chi connectivity index (χ4v) is 6.42. The third-order valence-electron chi connectivity index (χ3n) is 8.26. The van der Waals surface area contributed by atoms with E-state index < -0.39 is 23.5 Å². The molecule has 0 nitrogen and oxygen atoms in total. The minimum atomic E-state index is -4.88. The molecule has 0 aliphatic heterocycles. The van der Waals surface area contributed by atoms with Crippen molar-refractivity contribution in [3.8, 4) is 11.1 Å². The van der Waals surface area contributed by atoms with Crippen molar-refractivity contribution in [3.05, 3.63) is 127 Å². The molecule has 0 saturated carbocycles. The summed E-state index contributed by atoms with van der Waals surface area (Å²) in [4.78, 5) is 0. The van der Waals surface area contributed by atoms with E-state index in [-0.39, 0.29) is 24.0 Å². The molecule has 6 rings (SSSR count). The molecule has 0 aromatic heterocycles. The van der Waals surface area contributed by atoms with E-state index in [1.807, 2.05) is 19.1 Å². The Hall–Kier alpha value is -3.80. The van der Waals surface area contributed by atoms with Crippen molar-refractivity contribution in [1.82, 2.24) is 0 Å². The number of hydrogen-bond donors (Lipinski definition) is 0. The normalized spacial score (nSPS) is 16.5. The minimum Gasteiger partial charge on any atom is -0.166 e. The molecule has 1 unspecified atom stereocenters. The zero-order valence-electron chi connectivity index (χ0n) is 22.7. The average Bonchev–Trinajstić information content (AvgIpc) is 2.92. The third kappa shape index (κ3) is 5.20. The van der Waals surface area contributed by atoms with Crippen molar-refractivity contribution >= 4 is 11.6 Å². The SMILES string of the molecule is Cc1ccc(-c2cc3c(c4c2=c2ccccc2=CC4)CC(C)CC=3Cc2cc(C(F)(F)F)cc(C(F)(F)F)c2)cc1. The van der Waals surface area contributed by atoms with E-state index in [1.165, 1.54) is 5.56 Å². The van der Waals surface area contributed by atoms with Crippen LogP contribution in [-0.2, 0) is 31.6 Å². The molecule has 4 aromatic carbocycles. The molecule has 210 valence electrons. The van der Waals surface area contributed by atoms with E-state index in [2.05, 4.69) is 55.5 Å². The molecule has 1 atom stereocenters. The maximum Gasteiger partial charge on any atom is 0.416 e. The highest BCUT2D eigenvalue weighted by Crippen LogP contribution is 2.38. The van der Waals surface area contributed by atoms with Gasteiger partial charge in [0.1, 0.15) is 0 Å². The first-order chi connectivity index (χ1) is 19.4. The Morgan fingerprint density at radius 1 is 0.732 bits per heavy atom. The minimum absolute atomic E-state index is 0.0220. The molecule has 2 aliphatic carbocycles. The Morgan fingerprint density at radius 3 is 2.05 bits per heavy atom. The van der Waals surface area contributed by atoms with Gasteiger partial charge in [0.05, 0.1) is 11.1 Å². The lowest BCUT2D eigenvalue weighted by Crippen LogP contribution is -2.27. The van der Waals surface area contributed by atoms with Crippen LogP contribution in [0.2, 0.25) is 0 Å². The predicted octanol–water partition coefficient (Wildman–Crippen LogP) is 8.30. The average molecular weight is 563 g/mol. The lowest BCUT2D eigenvalue weighted by molar-refractivity contribution is -0.143. The van der Waals surface area contributed by atoms with Crippen molar-refractivity contribution in [2.45, 2.75) is 51.9 Å². The summed E-state index contributed by atoms with van der Waals surface area (Å²) in [5.41, 5.74) is 3.89. The quantitative estimate of drug-likeness (QED) is 0.220. The van der Waals surface area contributed by atoms with Gasteiger partial charge in [-0.15, -0.1) is 0 Å². The summed E-state index contributed by atoms with van der Waals surface area (Å²) in [5.74, 6) is 0.205. The molecule has 0 fully saturated rings. The number of hydrogen-bond acceptors (Lipinski definition) is 0. The third-order valence-corrected chi connectivity index (χ3v) is 8.26. The summed E-state index contributed by atoms with van der Waals surface area (Å²) in [5, 5.41) is 4.42. The molecule has 6 heteroatoms. The van der Waals surface area contributed by atoms with Gasteiger partial charge in [-0.25, -0.2) is 0 Å². The van der Waals surface area contributed by atoms with E-state index in [1.54, 1.807) is 0 Å². The summed E-state index contributed by atoms with van der Waals surface area (Å²) in [6, 6.07) is 20.6. The Balaban J connectivity index is 1.66. The van der Waals surface area contributed by atoms with Gasteiger partial charge in [0.2, 0.25) is 0 Å². The highest BCUT2D eigenvalue weighted by atomic mass is 19.4. The summed E-state index contributed by atoms with van der Waals surface area (Å²) >= 11 is 0. The summed E-state index contributed by atoms with van der Waals surface area (Å²) < 4.78 is 81.7. The van der Waals surface area contributed by atoms with Gasteiger partial charge in [0.15, 0.2) is 0 Å². The van der Waals surface area contributed by atoms with Crippen molar-refractivity contribution < 1.29 is 26.3 Å². The molecule has 0 N–H and O–H groups in total. The van der Waals surface area contributed by atoms with Crippen LogP contribution in [0.1, 0.15) is 46.7 Å². The second-order valence-corrected chi connectivity index (χ2v) is 11.4. The van der Waals surface area contributed by atoms with E-state index in [0.717, 1.165) is 73.7 Å². The Bertz CT molecular complexity index is 1840. The zero-order valence-corrected chi connectivity index (χ0v) is 22.7. The molecular weight excluding hydrogens is 534 g/mol. The van der Waals surface area contributed by atoms with Gasteiger partial charge in [-0.2, -0.15) is 26.3 Å². The second kappa shape index (κ2) is 9.93. The van der Waals surface area contributed by atoms with E-state index in [4.69, 9.17) is 0 Å². The van der Waals surface area contributed by atoms with Gasteiger partial charge in [0.25, 0.3) is 0 Å². The van der Waals surface area contributed by atoms with Crippen molar-refractivity contribution in [1.29, 1.82) is 0 Å². The van der Waals surface area contributed by atoms with Crippen LogP contribution in [0.25, 0.3) is 22.8 Å². The molecular formula is C35H28F6. The topological polar surface area (TPSA) is 0 Å². The first-order valence-corrected chi connectivity index (χ1v) is 13.7. The molecule has 0 saturated heterocycles. The van der Waals surface area contributed by atoms with Crippen LogP contribution in [0.5, 0.6) is 0 Å². The van der Waals surface area contributed by atoms with Gasteiger partial charge < -0.3 is 0 Å². The number of benzene rings is 4. The smallest absolute Gasteiger partial charge is 0.166 e. The lowest BCUT2D eigenvalue weighted by atomic mass is 9.78. The van der Waals surface area contributed by atoms with Gasteiger partial charge in [-0.05, 0) is 111 Å². The van der Waals surface area contributed by atoms with Crippen LogP contribution in [0.4, 0.5) is 26.3 Å². The van der Waals surface area contributed by atoms with Crippen LogP contribution in [0.3, 0.4) is 0 Å². The van der Waals surface area contributed by atoms with Crippen molar-refractivity contribution in [3.63, 3.8) is 0 Å². The monoisotopic (exact) mass is 562 g/mol. The molecule has 4 aromatic rings. The maximum absolute atomic E-state index is 13.6. The van der Waals surface area contributed by atoms with E-state index in [9.17, 15) is 26.3 Å². The van der Waals surface area contributed by atoms with Crippen LogP contribution in [0.15, 0.2) is 72.8 Å².